The normalized spacial score (nSPS) is 46.7. The number of hydrogen-bond acceptors (Lipinski definition) is 14. The summed E-state index contributed by atoms with van der Waals surface area (Å²) < 4.78 is 52.5. The van der Waals surface area contributed by atoms with E-state index in [0.29, 0.717) is 45.6 Å². The average molecular weight is 969 g/mol. The number of carbonyl (C=O) groups is 3. The number of methoxy groups -OCH3 is 1. The first kappa shape index (κ1) is 56.5. The van der Waals surface area contributed by atoms with Crippen LogP contribution in [-0.4, -0.2) is 169 Å². The number of esters is 2. The molecule has 1 saturated heterocycles. The third kappa shape index (κ3) is 9.78. The number of ether oxygens (including phenoxy) is 3. The Morgan fingerprint density at radius 1 is 0.971 bits per heavy atom. The Balaban J connectivity index is 1.32. The van der Waals surface area contributed by atoms with Gasteiger partial charge in [-0.25, -0.2) is 8.78 Å². The molecule has 0 amide bonds. The Bertz CT molecular complexity index is 1870. The minimum absolute atomic E-state index is 0.00906. The van der Waals surface area contributed by atoms with Crippen molar-refractivity contribution in [2.75, 3.05) is 39.8 Å². The van der Waals surface area contributed by atoms with Crippen LogP contribution in [0.25, 0.3) is 0 Å². The highest BCUT2D eigenvalue weighted by atomic mass is 19.1. The summed E-state index contributed by atoms with van der Waals surface area (Å²) in [6.45, 7) is 22.9. The SMILES string of the molecule is CC[C@H]1OC(=O)[C@H](C)[C@@H](O)[C@@H](C)[C@@H](O)[C@](C)(O)C[C@@H](C)CN(CCCN(CC)CCC(=O)O[C@]2(C(C)OC)[C@H](C)CC3C4C[C@H](F)C5=CC(=O)C=C[C@]5(C)[C@@]4(F)[C@@H](O)C[C@@]32C)[C@H](C)[C@H](O)[C@]1(C)O. The second kappa shape index (κ2) is 21.0. The van der Waals surface area contributed by atoms with E-state index >= 15 is 8.78 Å². The lowest BCUT2D eigenvalue weighted by Crippen LogP contribution is -2.71. The van der Waals surface area contributed by atoms with Gasteiger partial charge in [0.2, 0.25) is 0 Å². The highest BCUT2D eigenvalue weighted by Crippen LogP contribution is 2.72. The number of hydrogen-bond donors (Lipinski definition) is 6. The van der Waals surface area contributed by atoms with Crippen molar-refractivity contribution >= 4 is 17.7 Å². The molecule has 0 aromatic heterocycles. The smallest absolute Gasteiger partial charge is 0.311 e. The van der Waals surface area contributed by atoms with Gasteiger partial charge in [0.05, 0.1) is 42.4 Å². The molecule has 16 heteroatoms. The predicted molar refractivity (Wildman–Crippen MR) is 252 cm³/mol. The molecule has 3 unspecified atom stereocenters. The molecule has 68 heavy (non-hydrogen) atoms. The fourth-order valence-electron chi connectivity index (χ4n) is 14.2. The minimum atomic E-state index is -2.27. The van der Waals surface area contributed by atoms with Gasteiger partial charge in [-0.3, -0.25) is 19.3 Å². The van der Waals surface area contributed by atoms with E-state index < -0.39 is 124 Å². The molecule has 0 radical (unpaired) electrons. The number of nitrogens with zero attached hydrogens (tertiary/aromatic N) is 2. The third-order valence-electron chi connectivity index (χ3n) is 18.3. The van der Waals surface area contributed by atoms with Crippen molar-refractivity contribution in [3.8, 4) is 0 Å². The molecule has 6 N–H and O–H groups in total. The van der Waals surface area contributed by atoms with Crippen molar-refractivity contribution in [3.05, 3.63) is 23.8 Å². The van der Waals surface area contributed by atoms with Gasteiger partial charge in [0, 0.05) is 48.9 Å². The van der Waals surface area contributed by atoms with Crippen molar-refractivity contribution in [2.24, 2.45) is 46.3 Å². The minimum Gasteiger partial charge on any atom is -0.459 e. The van der Waals surface area contributed by atoms with Crippen LogP contribution in [0.2, 0.25) is 0 Å². The van der Waals surface area contributed by atoms with Crippen molar-refractivity contribution in [2.45, 2.75) is 199 Å². The molecule has 5 rings (SSSR count). The molecular formula is C52H86F2N2O12. The van der Waals surface area contributed by atoms with Gasteiger partial charge in [-0.1, -0.05) is 47.6 Å². The zero-order valence-electron chi connectivity index (χ0n) is 43.1. The lowest BCUT2D eigenvalue weighted by molar-refractivity contribution is -0.253. The Labute approximate surface area is 403 Å². The number of halogens is 2. The molecule has 0 spiro atoms. The van der Waals surface area contributed by atoms with E-state index in [0.717, 1.165) is 0 Å². The summed E-state index contributed by atoms with van der Waals surface area (Å²) in [5.41, 5.74) is -9.58. The Kier molecular flexibility index (Phi) is 17.4. The van der Waals surface area contributed by atoms with Crippen LogP contribution in [0.15, 0.2) is 23.8 Å². The van der Waals surface area contributed by atoms with E-state index in [1.807, 2.05) is 39.5 Å². The number of ketones is 1. The molecule has 390 valence electrons. The van der Waals surface area contributed by atoms with Gasteiger partial charge < -0.3 is 49.7 Å². The summed E-state index contributed by atoms with van der Waals surface area (Å²) in [5, 5.41) is 69.6. The zero-order valence-corrected chi connectivity index (χ0v) is 43.1. The van der Waals surface area contributed by atoms with Crippen LogP contribution in [0.4, 0.5) is 8.78 Å². The fraction of sp³-hybridized carbons (Fsp3) is 0.865. The van der Waals surface area contributed by atoms with Crippen molar-refractivity contribution in [1.29, 1.82) is 0 Å². The highest BCUT2D eigenvalue weighted by Gasteiger charge is 2.77. The standard InChI is InChI=1S/C52H86F2N2O12/c1-14-41-50(12,65)45(62)33(7)56(28-29(3)26-49(11,64)44(61)31(5)43(60)32(6)46(63)67-41)21-16-20-55(15-2)22-18-42(59)68-52(34(8)66-13)30(4)23-36-37-25-39(53)38-24-35(57)17-19-47(38,9)51(37,54)40(58)27-48(36,52)10/h17,19,24,29-34,36-37,39-41,43-45,58,60-62,64-65H,14-16,18,20-23,25-28H2,1-13H3/t29-,30-,31-,32-,33-,34?,36?,37?,39+,40+,41-,43+,44-,45+,47+,48+,49-,50-,51+,52+/m1/s1. The van der Waals surface area contributed by atoms with Crippen LogP contribution in [0.3, 0.4) is 0 Å². The van der Waals surface area contributed by atoms with Gasteiger partial charge in [-0.05, 0) is 135 Å². The molecule has 14 nitrogen and oxygen atoms in total. The van der Waals surface area contributed by atoms with Gasteiger partial charge in [0.25, 0.3) is 0 Å². The number of carbonyl (C=O) groups excluding carboxylic acids is 3. The fourth-order valence-corrected chi connectivity index (χ4v) is 14.2. The molecule has 3 saturated carbocycles. The van der Waals surface area contributed by atoms with Crippen LogP contribution < -0.4 is 0 Å². The van der Waals surface area contributed by atoms with Crippen LogP contribution in [0.5, 0.6) is 0 Å². The Morgan fingerprint density at radius 2 is 1.62 bits per heavy atom. The first-order valence-corrected chi connectivity index (χ1v) is 25.3. The summed E-state index contributed by atoms with van der Waals surface area (Å²) in [5.74, 6) is -5.70. The number of rotatable bonds is 12. The topological polar surface area (TPSA) is 207 Å². The summed E-state index contributed by atoms with van der Waals surface area (Å²) >= 11 is 0. The number of aliphatic hydroxyl groups excluding tert-OH is 4. The molecule has 4 aliphatic carbocycles. The lowest BCUT2D eigenvalue weighted by atomic mass is 9.44. The monoisotopic (exact) mass is 969 g/mol. The molecule has 0 aromatic carbocycles. The van der Waals surface area contributed by atoms with Crippen molar-refractivity contribution in [3.63, 3.8) is 0 Å². The molecular weight excluding hydrogens is 883 g/mol. The molecule has 0 bridgehead atoms. The van der Waals surface area contributed by atoms with Gasteiger partial charge >= 0.3 is 11.9 Å². The van der Waals surface area contributed by atoms with Crippen molar-refractivity contribution in [1.82, 2.24) is 9.80 Å². The highest BCUT2D eigenvalue weighted by molar-refractivity contribution is 6.01. The predicted octanol–water partition coefficient (Wildman–Crippen LogP) is 4.88. The van der Waals surface area contributed by atoms with Gasteiger partial charge in [0.1, 0.15) is 29.6 Å². The number of cyclic esters (lactones) is 1. The maximum atomic E-state index is 18.0. The maximum Gasteiger partial charge on any atom is 0.311 e. The molecule has 1 heterocycles. The number of allylic oxidation sites excluding steroid dienone is 4. The van der Waals surface area contributed by atoms with E-state index in [4.69, 9.17) is 14.2 Å². The molecule has 1 aliphatic heterocycles. The molecule has 5 aliphatic rings. The quantitative estimate of drug-likeness (QED) is 0.144. The first-order valence-electron chi connectivity index (χ1n) is 25.3. The van der Waals surface area contributed by atoms with E-state index in [1.54, 1.807) is 27.7 Å². The molecule has 0 aromatic rings. The number of alkyl halides is 2. The van der Waals surface area contributed by atoms with Crippen LogP contribution in [0, 0.1) is 46.3 Å². The van der Waals surface area contributed by atoms with E-state index in [-0.39, 0.29) is 49.5 Å². The van der Waals surface area contributed by atoms with E-state index in [1.165, 1.54) is 46.1 Å². The van der Waals surface area contributed by atoms with Gasteiger partial charge in [-0.15, -0.1) is 0 Å². The lowest BCUT2D eigenvalue weighted by Gasteiger charge is -2.64. The van der Waals surface area contributed by atoms with Gasteiger partial charge in [0.15, 0.2) is 11.5 Å². The molecule has 20 atom stereocenters. The Morgan fingerprint density at radius 3 is 2.22 bits per heavy atom. The Hall–Kier alpha value is -2.41. The van der Waals surface area contributed by atoms with E-state index in [9.17, 15) is 45.0 Å². The van der Waals surface area contributed by atoms with Crippen molar-refractivity contribution < 1.29 is 68.0 Å². The van der Waals surface area contributed by atoms with Crippen LogP contribution >= 0.6 is 0 Å². The van der Waals surface area contributed by atoms with E-state index in [2.05, 4.69) is 4.90 Å². The zero-order chi connectivity index (χ0) is 51.3. The van der Waals surface area contributed by atoms with Crippen LogP contribution in [-0.2, 0) is 28.6 Å². The van der Waals surface area contributed by atoms with Crippen LogP contribution in [0.1, 0.15) is 128 Å². The number of aliphatic hydroxyl groups is 6. The maximum absolute atomic E-state index is 18.0. The van der Waals surface area contributed by atoms with Gasteiger partial charge in [-0.2, -0.15) is 0 Å². The second-order valence-corrected chi connectivity index (χ2v) is 22.7. The largest absolute Gasteiger partial charge is 0.459 e. The summed E-state index contributed by atoms with van der Waals surface area (Å²) in [6.07, 6.45) is -4.21. The second-order valence-electron chi connectivity index (χ2n) is 22.7. The summed E-state index contributed by atoms with van der Waals surface area (Å²) in [6, 6.07) is -0.667. The number of fused-ring (bicyclic) bond motifs is 5. The third-order valence-corrected chi connectivity index (χ3v) is 18.3. The summed E-state index contributed by atoms with van der Waals surface area (Å²) in [7, 11) is 1.53. The summed E-state index contributed by atoms with van der Waals surface area (Å²) in [4.78, 5) is 44.0. The average Bonchev–Trinajstić information content (AvgIpc) is 3.49. The molecule has 4 fully saturated rings. The first-order chi connectivity index (χ1) is 31.5.